The van der Waals surface area contributed by atoms with Crippen LogP contribution in [0.5, 0.6) is 0 Å². The van der Waals surface area contributed by atoms with Crippen molar-refractivity contribution in [2.75, 3.05) is 0 Å². The molecule has 6 aliphatic carbocycles. The van der Waals surface area contributed by atoms with Crippen LogP contribution >= 0.6 is 0 Å². The van der Waals surface area contributed by atoms with Crippen molar-refractivity contribution < 1.29 is 0 Å². The van der Waals surface area contributed by atoms with Gasteiger partial charge in [0.2, 0.25) is 0 Å². The molecule has 7 aromatic carbocycles. The first kappa shape index (κ1) is 34.9. The molecule has 4 bridgehead atoms. The molecule has 3 nitrogen and oxygen atoms in total. The van der Waals surface area contributed by atoms with Crippen LogP contribution in [0.25, 0.3) is 60.3 Å². The monoisotopic (exact) mass is 807 g/mol. The van der Waals surface area contributed by atoms with Crippen molar-refractivity contribution >= 4 is 38.1 Å². The van der Waals surface area contributed by atoms with E-state index < -0.39 is 5.41 Å². The van der Waals surface area contributed by atoms with E-state index >= 15 is 0 Å². The zero-order valence-corrected chi connectivity index (χ0v) is 35.5. The fourth-order valence-corrected chi connectivity index (χ4v) is 15.7. The normalized spacial score (nSPS) is 19.0. The highest BCUT2D eigenvalue weighted by Crippen LogP contribution is 2.68. The van der Waals surface area contributed by atoms with Gasteiger partial charge in [-0.25, -0.2) is 0 Å². The van der Waals surface area contributed by atoms with Gasteiger partial charge in [-0.15, -0.1) is 0 Å². The Morgan fingerprint density at radius 3 is 1.57 bits per heavy atom. The molecule has 15 rings (SSSR count). The Balaban J connectivity index is 1.17. The summed E-state index contributed by atoms with van der Waals surface area (Å²) in [7, 11) is 0. The molecule has 0 amide bonds. The quantitative estimate of drug-likeness (QED) is 0.153. The summed E-state index contributed by atoms with van der Waals surface area (Å²) in [5.74, 6) is 0. The lowest BCUT2D eigenvalue weighted by Crippen LogP contribution is -2.27. The van der Waals surface area contributed by atoms with Gasteiger partial charge in [-0.1, -0.05) is 129 Å². The standard InChI is InChI=1S/C60H45N3/c61-32-39-30-47-52(51-43-16-3-6-19-46(43)60(54(39)51)44-17-4-1-14-41(44)42-15-2-5-18-45(42)60)49-37-22-20-35-12-11-13-36(28-35)21-23-38(29-37)50-53-48(63(47)57(49)50)31-40(33-62)55-56(53)59(26-9-10-27-59)34-58(55)24-7-8-25-58/h1-6,11-19,28-31H,7-10,20-27,34H2. The molecule has 0 saturated heterocycles. The third-order valence-corrected chi connectivity index (χ3v) is 17.7. The second-order valence-electron chi connectivity index (χ2n) is 20.3. The van der Waals surface area contributed by atoms with E-state index in [1.807, 2.05) is 0 Å². The molecule has 0 atom stereocenters. The Kier molecular flexibility index (Phi) is 6.56. The molecule has 300 valence electrons. The van der Waals surface area contributed by atoms with E-state index in [1.54, 1.807) is 5.56 Å². The van der Waals surface area contributed by atoms with Gasteiger partial charge in [0.1, 0.15) is 0 Å². The summed E-state index contributed by atoms with van der Waals surface area (Å²) in [5, 5.41) is 28.5. The molecule has 2 heterocycles. The molecule has 0 aliphatic heterocycles. The summed E-state index contributed by atoms with van der Waals surface area (Å²) in [5.41, 5.74) is 23.3. The highest BCUT2D eigenvalue weighted by molar-refractivity contribution is 6.30. The van der Waals surface area contributed by atoms with E-state index in [-0.39, 0.29) is 10.8 Å². The first-order valence-electron chi connectivity index (χ1n) is 23.7. The minimum Gasteiger partial charge on any atom is -0.308 e. The summed E-state index contributed by atoms with van der Waals surface area (Å²) in [4.78, 5) is 0. The number of aryl methyl sites for hydroxylation is 4. The first-order valence-corrected chi connectivity index (χ1v) is 23.7. The zero-order valence-electron chi connectivity index (χ0n) is 35.5. The van der Waals surface area contributed by atoms with Gasteiger partial charge < -0.3 is 4.40 Å². The number of rotatable bonds is 0. The van der Waals surface area contributed by atoms with E-state index in [0.717, 1.165) is 47.9 Å². The van der Waals surface area contributed by atoms with Crippen LogP contribution in [-0.4, -0.2) is 4.40 Å². The lowest BCUT2D eigenvalue weighted by Gasteiger charge is -2.31. The van der Waals surface area contributed by atoms with Gasteiger partial charge in [-0.3, -0.25) is 0 Å². The van der Waals surface area contributed by atoms with E-state index in [4.69, 9.17) is 0 Å². The molecule has 0 radical (unpaired) electrons. The predicted octanol–water partition coefficient (Wildman–Crippen LogP) is 13.8. The highest BCUT2D eigenvalue weighted by atomic mass is 14.9. The van der Waals surface area contributed by atoms with Crippen molar-refractivity contribution in [1.29, 1.82) is 10.5 Å². The minimum absolute atomic E-state index is 0.0975. The number of hydrogen-bond acceptors (Lipinski definition) is 2. The van der Waals surface area contributed by atoms with E-state index in [1.165, 1.54) is 157 Å². The Labute approximate surface area is 367 Å². The molecular formula is C60H45N3. The van der Waals surface area contributed by atoms with Gasteiger partial charge in [0.05, 0.1) is 45.2 Å². The summed E-state index contributed by atoms with van der Waals surface area (Å²) in [6.45, 7) is 0. The maximum Gasteiger partial charge on any atom is 0.0996 e. The van der Waals surface area contributed by atoms with E-state index in [0.29, 0.717) is 0 Å². The largest absolute Gasteiger partial charge is 0.308 e. The maximum atomic E-state index is 11.7. The van der Waals surface area contributed by atoms with Crippen LogP contribution in [0.4, 0.5) is 0 Å². The van der Waals surface area contributed by atoms with Crippen LogP contribution in [0.2, 0.25) is 0 Å². The molecule has 6 aliphatic rings. The lowest BCUT2D eigenvalue weighted by atomic mass is 9.69. The molecule has 3 spiro atoms. The minimum atomic E-state index is -0.627. The fraction of sp³-hybridized carbons (Fsp3) is 0.267. The molecule has 9 aromatic rings. The average Bonchev–Trinajstić information content (AvgIpc) is 4.21. The van der Waals surface area contributed by atoms with E-state index in [2.05, 4.69) is 132 Å². The van der Waals surface area contributed by atoms with Crippen LogP contribution in [0.15, 0.2) is 115 Å². The number of nitriles is 2. The highest BCUT2D eigenvalue weighted by Gasteiger charge is 2.57. The van der Waals surface area contributed by atoms with Crippen LogP contribution in [0.3, 0.4) is 0 Å². The smallest absolute Gasteiger partial charge is 0.0996 e. The zero-order chi connectivity index (χ0) is 41.4. The molecule has 2 aromatic heterocycles. The SMILES string of the molecule is N#Cc1cc2c(c3c1C1(CCCC1)CC31CCCC1)c1c3cc(c4c5c6c(c(C#N)cc5n2c41)C1(c2ccccc2-c2ccccc21)c1ccccc1-6)CCc1cccc(c1)CC3. The molecule has 0 N–H and O–H groups in total. The van der Waals surface area contributed by atoms with Crippen LogP contribution in [0, 0.1) is 22.7 Å². The predicted molar refractivity (Wildman–Crippen MR) is 253 cm³/mol. The van der Waals surface area contributed by atoms with Gasteiger partial charge in [0.25, 0.3) is 0 Å². The summed E-state index contributed by atoms with van der Waals surface area (Å²) < 4.78 is 2.59. The number of aromatic nitrogens is 1. The van der Waals surface area contributed by atoms with Crippen molar-refractivity contribution in [3.63, 3.8) is 0 Å². The molecular weight excluding hydrogens is 763 g/mol. The van der Waals surface area contributed by atoms with Crippen molar-refractivity contribution in [1.82, 2.24) is 4.40 Å². The fourth-order valence-electron chi connectivity index (χ4n) is 15.7. The number of hydrogen-bond donors (Lipinski definition) is 0. The Hall–Kier alpha value is -6.68. The number of benzene rings is 7. The van der Waals surface area contributed by atoms with Gasteiger partial charge in [0, 0.05) is 21.5 Å². The van der Waals surface area contributed by atoms with Crippen LogP contribution in [0.1, 0.15) is 125 Å². The van der Waals surface area contributed by atoms with E-state index in [9.17, 15) is 10.5 Å². The number of fused-ring (bicyclic) bond motifs is 27. The van der Waals surface area contributed by atoms with Crippen LogP contribution in [-0.2, 0) is 41.9 Å². The molecule has 2 fully saturated rings. The summed E-state index contributed by atoms with van der Waals surface area (Å²) in [6.07, 6.45) is 15.0. The second-order valence-corrected chi connectivity index (χ2v) is 20.3. The third-order valence-electron chi connectivity index (χ3n) is 17.7. The maximum absolute atomic E-state index is 11.7. The third kappa shape index (κ3) is 4.00. The second kappa shape index (κ2) is 11.9. The molecule has 63 heavy (non-hydrogen) atoms. The van der Waals surface area contributed by atoms with Gasteiger partial charge >= 0.3 is 0 Å². The topological polar surface area (TPSA) is 52.0 Å². The van der Waals surface area contributed by atoms with Crippen molar-refractivity contribution in [3.05, 3.63) is 182 Å². The summed E-state index contributed by atoms with van der Waals surface area (Å²) >= 11 is 0. The first-order chi connectivity index (χ1) is 31.1. The lowest BCUT2D eigenvalue weighted by molar-refractivity contribution is 0.324. The molecule has 2 saturated carbocycles. The van der Waals surface area contributed by atoms with Gasteiger partial charge in [-0.05, 0) is 159 Å². The van der Waals surface area contributed by atoms with Crippen molar-refractivity contribution in [2.24, 2.45) is 0 Å². The van der Waals surface area contributed by atoms with Crippen molar-refractivity contribution in [3.8, 4) is 34.4 Å². The number of nitrogens with zero attached hydrogens (tertiary/aromatic N) is 3. The Morgan fingerprint density at radius 2 is 0.968 bits per heavy atom. The summed E-state index contributed by atoms with van der Waals surface area (Å²) in [6, 6.07) is 49.3. The average molecular weight is 808 g/mol. The van der Waals surface area contributed by atoms with Crippen molar-refractivity contribution in [2.45, 2.75) is 99.7 Å². The van der Waals surface area contributed by atoms with Gasteiger partial charge in [-0.2, -0.15) is 10.5 Å². The Bertz CT molecular complexity index is 3600. The van der Waals surface area contributed by atoms with Crippen LogP contribution < -0.4 is 0 Å². The molecule has 0 unspecified atom stereocenters. The van der Waals surface area contributed by atoms with Gasteiger partial charge in [0.15, 0.2) is 0 Å². The Morgan fingerprint density at radius 1 is 0.460 bits per heavy atom. The molecule has 3 heteroatoms.